The van der Waals surface area contributed by atoms with Crippen LogP contribution in [0.4, 0.5) is 0 Å². The maximum absolute atomic E-state index is 12.5. The lowest BCUT2D eigenvalue weighted by Gasteiger charge is -2.20. The number of hydrogen-bond donors (Lipinski definition) is 0. The third-order valence-electron chi connectivity index (χ3n) is 2.92. The molecule has 1 aromatic carbocycles. The van der Waals surface area contributed by atoms with Crippen molar-refractivity contribution in [2.75, 3.05) is 13.1 Å². The minimum Gasteiger partial charge on any atom is -0.469 e. The molecule has 104 valence electrons. The number of hydrogen-bond acceptors (Lipinski definition) is 2. The van der Waals surface area contributed by atoms with Crippen LogP contribution in [-0.2, 0) is 6.42 Å². The topological polar surface area (TPSA) is 33.5 Å². The fourth-order valence-electron chi connectivity index (χ4n) is 1.94. The highest BCUT2D eigenvalue weighted by molar-refractivity contribution is 9.10. The van der Waals surface area contributed by atoms with Crippen LogP contribution >= 0.6 is 15.9 Å². The van der Waals surface area contributed by atoms with Crippen molar-refractivity contribution < 1.29 is 9.21 Å². The molecule has 0 fully saturated rings. The van der Waals surface area contributed by atoms with Gasteiger partial charge in [0.25, 0.3) is 5.91 Å². The van der Waals surface area contributed by atoms with Gasteiger partial charge in [0, 0.05) is 29.5 Å². The molecule has 1 aromatic heterocycles. The fraction of sp³-hybridized carbons (Fsp3) is 0.188. The minimum atomic E-state index is -0.00208. The lowest BCUT2D eigenvalue weighted by atomic mass is 10.2. The molecule has 2 rings (SSSR count). The Hall–Kier alpha value is -1.81. The van der Waals surface area contributed by atoms with E-state index < -0.39 is 0 Å². The maximum atomic E-state index is 12.5. The van der Waals surface area contributed by atoms with E-state index in [1.807, 2.05) is 36.4 Å². The second-order valence-electron chi connectivity index (χ2n) is 4.38. The molecular formula is C16H16BrNO2. The van der Waals surface area contributed by atoms with Gasteiger partial charge in [-0.1, -0.05) is 28.1 Å². The number of rotatable bonds is 6. The molecule has 20 heavy (non-hydrogen) atoms. The van der Waals surface area contributed by atoms with Crippen molar-refractivity contribution >= 4 is 21.8 Å². The SMILES string of the molecule is C=CCN(CCc1ccco1)C(=O)c1cccc(Br)c1. The van der Waals surface area contributed by atoms with Gasteiger partial charge in [0.2, 0.25) is 0 Å². The molecule has 0 aliphatic heterocycles. The highest BCUT2D eigenvalue weighted by Crippen LogP contribution is 2.14. The molecule has 0 N–H and O–H groups in total. The van der Waals surface area contributed by atoms with Crippen molar-refractivity contribution in [2.24, 2.45) is 0 Å². The quantitative estimate of drug-likeness (QED) is 0.751. The van der Waals surface area contributed by atoms with E-state index >= 15 is 0 Å². The first kappa shape index (κ1) is 14.6. The zero-order valence-corrected chi connectivity index (χ0v) is 12.7. The summed E-state index contributed by atoms with van der Waals surface area (Å²) in [6.07, 6.45) is 4.07. The first-order chi connectivity index (χ1) is 9.70. The molecule has 1 amide bonds. The first-order valence-corrected chi connectivity index (χ1v) is 7.18. The Labute approximate surface area is 127 Å². The van der Waals surface area contributed by atoms with Gasteiger partial charge in [-0.25, -0.2) is 0 Å². The van der Waals surface area contributed by atoms with Crippen LogP contribution in [0.15, 0.2) is 64.2 Å². The summed E-state index contributed by atoms with van der Waals surface area (Å²) in [5.41, 5.74) is 0.667. The van der Waals surface area contributed by atoms with Crippen molar-refractivity contribution in [1.82, 2.24) is 4.90 Å². The van der Waals surface area contributed by atoms with E-state index in [2.05, 4.69) is 22.5 Å². The van der Waals surface area contributed by atoms with E-state index in [-0.39, 0.29) is 5.91 Å². The fourth-order valence-corrected chi connectivity index (χ4v) is 2.33. The molecule has 0 atom stereocenters. The number of halogens is 1. The molecular weight excluding hydrogens is 318 g/mol. The van der Waals surface area contributed by atoms with Gasteiger partial charge in [-0.2, -0.15) is 0 Å². The van der Waals surface area contributed by atoms with Crippen molar-refractivity contribution in [1.29, 1.82) is 0 Å². The number of benzene rings is 1. The molecule has 0 radical (unpaired) electrons. The molecule has 0 saturated heterocycles. The van der Waals surface area contributed by atoms with Crippen molar-refractivity contribution in [3.63, 3.8) is 0 Å². The van der Waals surface area contributed by atoms with Gasteiger partial charge < -0.3 is 9.32 Å². The zero-order valence-electron chi connectivity index (χ0n) is 11.1. The lowest BCUT2D eigenvalue weighted by Crippen LogP contribution is -2.33. The summed E-state index contributed by atoms with van der Waals surface area (Å²) < 4.78 is 6.19. The summed E-state index contributed by atoms with van der Waals surface area (Å²) in [6, 6.07) is 11.2. The predicted octanol–water partition coefficient (Wildman–Crippen LogP) is 3.91. The lowest BCUT2D eigenvalue weighted by molar-refractivity contribution is 0.0774. The van der Waals surface area contributed by atoms with E-state index in [0.717, 1.165) is 10.2 Å². The standard InChI is InChI=1S/C16H16BrNO2/c1-2-9-18(10-8-15-7-4-11-20-15)16(19)13-5-3-6-14(17)12-13/h2-7,11-12H,1,8-10H2. The number of carbonyl (C=O) groups excluding carboxylic acids is 1. The van der Waals surface area contributed by atoms with E-state index in [4.69, 9.17) is 4.42 Å². The van der Waals surface area contributed by atoms with Crippen LogP contribution in [0.2, 0.25) is 0 Å². The second-order valence-corrected chi connectivity index (χ2v) is 5.30. The molecule has 3 nitrogen and oxygen atoms in total. The maximum Gasteiger partial charge on any atom is 0.254 e. The number of nitrogens with zero attached hydrogens (tertiary/aromatic N) is 1. The Balaban J connectivity index is 2.07. The highest BCUT2D eigenvalue weighted by Gasteiger charge is 2.15. The molecule has 0 saturated carbocycles. The molecule has 0 unspecified atom stereocenters. The Kier molecular flexibility index (Phi) is 5.18. The van der Waals surface area contributed by atoms with Crippen LogP contribution in [0.1, 0.15) is 16.1 Å². The van der Waals surface area contributed by atoms with E-state index in [0.29, 0.717) is 25.1 Å². The van der Waals surface area contributed by atoms with Gasteiger partial charge in [-0.3, -0.25) is 4.79 Å². The summed E-state index contributed by atoms with van der Waals surface area (Å²) in [7, 11) is 0. The average Bonchev–Trinajstić information content (AvgIpc) is 2.96. The van der Waals surface area contributed by atoms with Gasteiger partial charge in [-0.05, 0) is 30.3 Å². The van der Waals surface area contributed by atoms with Gasteiger partial charge in [0.1, 0.15) is 5.76 Å². The summed E-state index contributed by atoms with van der Waals surface area (Å²) in [6.45, 7) is 4.83. The second kappa shape index (κ2) is 7.10. The minimum absolute atomic E-state index is 0.00208. The van der Waals surface area contributed by atoms with Crippen LogP contribution in [0.3, 0.4) is 0 Å². The highest BCUT2D eigenvalue weighted by atomic mass is 79.9. The summed E-state index contributed by atoms with van der Waals surface area (Å²) in [4.78, 5) is 14.2. The Bertz CT molecular complexity index is 578. The molecule has 4 heteroatoms. The number of amides is 1. The van der Waals surface area contributed by atoms with Crippen LogP contribution < -0.4 is 0 Å². The largest absolute Gasteiger partial charge is 0.469 e. The Morgan fingerprint density at radius 1 is 1.35 bits per heavy atom. The predicted molar refractivity (Wildman–Crippen MR) is 82.7 cm³/mol. The average molecular weight is 334 g/mol. The smallest absolute Gasteiger partial charge is 0.254 e. The van der Waals surface area contributed by atoms with Crippen molar-refractivity contribution in [3.8, 4) is 0 Å². The molecule has 2 aromatic rings. The third-order valence-corrected chi connectivity index (χ3v) is 3.41. The summed E-state index contributed by atoms with van der Waals surface area (Å²) >= 11 is 3.38. The molecule has 1 heterocycles. The number of carbonyl (C=O) groups is 1. The van der Waals surface area contributed by atoms with Crippen molar-refractivity contribution in [3.05, 3.63) is 71.1 Å². The van der Waals surface area contributed by atoms with Gasteiger partial charge in [0.15, 0.2) is 0 Å². The Morgan fingerprint density at radius 2 is 2.20 bits per heavy atom. The molecule has 0 aliphatic carbocycles. The molecule has 0 aliphatic rings. The normalized spacial score (nSPS) is 10.2. The van der Waals surface area contributed by atoms with E-state index in [1.165, 1.54) is 0 Å². The van der Waals surface area contributed by atoms with Gasteiger partial charge in [0.05, 0.1) is 6.26 Å². The first-order valence-electron chi connectivity index (χ1n) is 6.39. The van der Waals surface area contributed by atoms with Crippen LogP contribution in [0.5, 0.6) is 0 Å². The van der Waals surface area contributed by atoms with E-state index in [9.17, 15) is 4.79 Å². The molecule has 0 spiro atoms. The van der Waals surface area contributed by atoms with E-state index in [1.54, 1.807) is 17.2 Å². The third kappa shape index (κ3) is 3.84. The number of furan rings is 1. The van der Waals surface area contributed by atoms with Crippen LogP contribution in [0, 0.1) is 0 Å². The molecule has 0 bridgehead atoms. The van der Waals surface area contributed by atoms with Gasteiger partial charge in [-0.15, -0.1) is 6.58 Å². The van der Waals surface area contributed by atoms with Crippen LogP contribution in [0.25, 0.3) is 0 Å². The summed E-state index contributed by atoms with van der Waals surface area (Å²) in [5, 5.41) is 0. The van der Waals surface area contributed by atoms with Gasteiger partial charge >= 0.3 is 0 Å². The van der Waals surface area contributed by atoms with Crippen molar-refractivity contribution in [2.45, 2.75) is 6.42 Å². The van der Waals surface area contributed by atoms with Crippen LogP contribution in [-0.4, -0.2) is 23.9 Å². The zero-order chi connectivity index (χ0) is 14.4. The monoisotopic (exact) mass is 333 g/mol. The Morgan fingerprint density at radius 3 is 2.85 bits per heavy atom. The summed E-state index contributed by atoms with van der Waals surface area (Å²) in [5.74, 6) is 0.874.